The summed E-state index contributed by atoms with van der Waals surface area (Å²) in [7, 11) is 0. The molecule has 14 heavy (non-hydrogen) atoms. The van der Waals surface area contributed by atoms with E-state index >= 15 is 0 Å². The fraction of sp³-hybridized carbons (Fsp3) is 0.222. The van der Waals surface area contributed by atoms with Crippen LogP contribution < -0.4 is 10.5 Å². The van der Waals surface area contributed by atoms with Crippen LogP contribution in [0.1, 0.15) is 15.9 Å². The van der Waals surface area contributed by atoms with Crippen molar-refractivity contribution in [3.63, 3.8) is 0 Å². The van der Waals surface area contributed by atoms with Crippen molar-refractivity contribution in [2.45, 2.75) is 6.42 Å². The van der Waals surface area contributed by atoms with Crippen molar-refractivity contribution in [1.29, 1.82) is 0 Å². The van der Waals surface area contributed by atoms with Gasteiger partial charge in [-0.05, 0) is 23.8 Å². The van der Waals surface area contributed by atoms with E-state index in [1.165, 1.54) is 0 Å². The number of carbonyl (C=O) groups excluding carboxylic acids is 1. The Bertz CT molecular complexity index is 342. The highest BCUT2D eigenvalue weighted by Crippen LogP contribution is 2.25. The van der Waals surface area contributed by atoms with Crippen LogP contribution in [0.25, 0.3) is 0 Å². The molecule has 5 heteroatoms. The Morgan fingerprint density at radius 2 is 2.07 bits per heavy atom. The van der Waals surface area contributed by atoms with Crippen LogP contribution in [-0.2, 0) is 6.42 Å². The average Bonchev–Trinajstić information content (AvgIpc) is 2.49. The predicted molar refractivity (Wildman–Crippen MR) is 58.7 cm³/mol. The van der Waals surface area contributed by atoms with Gasteiger partial charge in [0.05, 0.1) is 6.61 Å². The highest BCUT2D eigenvalue weighted by molar-refractivity contribution is 5.93. The number of benzene rings is 1. The normalized spacial score (nSPS) is 11.7. The zero-order valence-corrected chi connectivity index (χ0v) is 8.99. The van der Waals surface area contributed by atoms with Crippen LogP contribution in [0.5, 0.6) is 5.75 Å². The molecule has 78 valence electrons. The molecule has 0 saturated carbocycles. The molecular formula is C9H11Cl2NO2. The molecule has 3 nitrogen and oxygen atoms in total. The number of amides is 1. The first kappa shape index (κ1) is 13.1. The van der Waals surface area contributed by atoms with Gasteiger partial charge in [0.2, 0.25) is 5.91 Å². The molecule has 0 saturated heterocycles. The lowest BCUT2D eigenvalue weighted by Crippen LogP contribution is -2.10. The van der Waals surface area contributed by atoms with Crippen LogP contribution in [0.15, 0.2) is 18.2 Å². The van der Waals surface area contributed by atoms with E-state index in [0.717, 1.165) is 17.7 Å². The van der Waals surface area contributed by atoms with E-state index < -0.39 is 0 Å². The van der Waals surface area contributed by atoms with Gasteiger partial charge in [0.25, 0.3) is 0 Å². The molecule has 1 aliphatic heterocycles. The van der Waals surface area contributed by atoms with E-state index in [1.807, 2.05) is 0 Å². The molecule has 1 aromatic carbocycles. The van der Waals surface area contributed by atoms with Gasteiger partial charge in [0.1, 0.15) is 5.75 Å². The van der Waals surface area contributed by atoms with Crippen molar-refractivity contribution in [1.82, 2.24) is 0 Å². The Balaban J connectivity index is 0.000000845. The van der Waals surface area contributed by atoms with Crippen LogP contribution in [-0.4, -0.2) is 12.5 Å². The maximum Gasteiger partial charge on any atom is 0.248 e. The van der Waals surface area contributed by atoms with Crippen molar-refractivity contribution in [2.24, 2.45) is 5.73 Å². The van der Waals surface area contributed by atoms with Gasteiger partial charge < -0.3 is 10.5 Å². The number of primary amides is 1. The van der Waals surface area contributed by atoms with Crippen LogP contribution >= 0.6 is 24.8 Å². The second-order valence-electron chi connectivity index (χ2n) is 2.79. The molecule has 0 bridgehead atoms. The van der Waals surface area contributed by atoms with Gasteiger partial charge in [-0.2, -0.15) is 0 Å². The first-order valence-corrected chi connectivity index (χ1v) is 3.83. The number of carbonyl (C=O) groups is 1. The number of halogens is 2. The second-order valence-corrected chi connectivity index (χ2v) is 2.79. The molecule has 0 aromatic heterocycles. The van der Waals surface area contributed by atoms with E-state index in [4.69, 9.17) is 10.5 Å². The number of ether oxygens (including phenoxy) is 1. The number of hydrogen-bond acceptors (Lipinski definition) is 2. The van der Waals surface area contributed by atoms with E-state index in [0.29, 0.717) is 12.2 Å². The predicted octanol–water partition coefficient (Wildman–Crippen LogP) is 1.56. The van der Waals surface area contributed by atoms with Gasteiger partial charge in [-0.15, -0.1) is 24.8 Å². The zero-order valence-electron chi connectivity index (χ0n) is 7.36. The Kier molecular flexibility index (Phi) is 4.74. The number of nitrogens with two attached hydrogens (primary N) is 1. The Morgan fingerprint density at radius 3 is 2.71 bits per heavy atom. The smallest absolute Gasteiger partial charge is 0.248 e. The third kappa shape index (κ3) is 2.30. The van der Waals surface area contributed by atoms with E-state index in [2.05, 4.69) is 0 Å². The van der Waals surface area contributed by atoms with Gasteiger partial charge in [-0.1, -0.05) is 0 Å². The maximum absolute atomic E-state index is 10.8. The number of hydrogen-bond donors (Lipinski definition) is 1. The Hall–Kier alpha value is -0.930. The summed E-state index contributed by atoms with van der Waals surface area (Å²) in [4.78, 5) is 10.8. The first-order chi connectivity index (χ1) is 5.77. The minimum atomic E-state index is -0.385. The third-order valence-corrected chi connectivity index (χ3v) is 1.97. The Labute approximate surface area is 94.4 Å². The average molecular weight is 236 g/mol. The summed E-state index contributed by atoms with van der Waals surface area (Å²) < 4.78 is 5.28. The zero-order chi connectivity index (χ0) is 8.55. The van der Waals surface area contributed by atoms with Crippen LogP contribution in [0.3, 0.4) is 0 Å². The molecule has 1 aromatic rings. The standard InChI is InChI=1S/C9H9NO2.2ClH/c10-9(11)7-1-2-8-6(5-7)3-4-12-8;;/h1-2,5H,3-4H2,(H2,10,11);2*1H. The fourth-order valence-corrected chi connectivity index (χ4v) is 1.34. The molecule has 0 aliphatic carbocycles. The van der Waals surface area contributed by atoms with E-state index in [1.54, 1.807) is 18.2 Å². The Morgan fingerprint density at radius 1 is 1.36 bits per heavy atom. The minimum Gasteiger partial charge on any atom is -0.493 e. The molecule has 0 fully saturated rings. The molecular weight excluding hydrogens is 225 g/mol. The summed E-state index contributed by atoms with van der Waals surface area (Å²) >= 11 is 0. The molecule has 0 radical (unpaired) electrons. The second kappa shape index (κ2) is 5.08. The van der Waals surface area contributed by atoms with E-state index in [9.17, 15) is 4.79 Å². The maximum atomic E-state index is 10.8. The van der Waals surface area contributed by atoms with Crippen LogP contribution in [0.2, 0.25) is 0 Å². The summed E-state index contributed by atoms with van der Waals surface area (Å²) in [6.07, 6.45) is 0.871. The molecule has 2 N–H and O–H groups in total. The molecule has 0 unspecified atom stereocenters. The van der Waals surface area contributed by atoms with Crippen LogP contribution in [0, 0.1) is 0 Å². The largest absolute Gasteiger partial charge is 0.493 e. The van der Waals surface area contributed by atoms with Gasteiger partial charge in [-0.3, -0.25) is 4.79 Å². The SMILES string of the molecule is Cl.Cl.NC(=O)c1ccc2c(c1)CCO2. The summed E-state index contributed by atoms with van der Waals surface area (Å²) in [6.45, 7) is 0.706. The van der Waals surface area contributed by atoms with Crippen molar-refractivity contribution >= 4 is 30.7 Å². The number of rotatable bonds is 1. The highest BCUT2D eigenvalue weighted by atomic mass is 35.5. The van der Waals surface area contributed by atoms with Gasteiger partial charge in [0.15, 0.2) is 0 Å². The molecule has 1 aliphatic rings. The summed E-state index contributed by atoms with van der Waals surface area (Å²) in [5, 5.41) is 0. The molecule has 1 amide bonds. The minimum absolute atomic E-state index is 0. The van der Waals surface area contributed by atoms with Gasteiger partial charge in [0, 0.05) is 12.0 Å². The van der Waals surface area contributed by atoms with Crippen molar-refractivity contribution in [2.75, 3.05) is 6.61 Å². The summed E-state index contributed by atoms with van der Waals surface area (Å²) in [6, 6.07) is 5.28. The first-order valence-electron chi connectivity index (χ1n) is 3.83. The topological polar surface area (TPSA) is 52.3 Å². The number of fused-ring (bicyclic) bond motifs is 1. The van der Waals surface area contributed by atoms with Crippen molar-refractivity contribution in [3.8, 4) is 5.75 Å². The molecule has 2 rings (SSSR count). The summed E-state index contributed by atoms with van der Waals surface area (Å²) in [5.41, 5.74) is 6.76. The monoisotopic (exact) mass is 235 g/mol. The van der Waals surface area contributed by atoms with Crippen molar-refractivity contribution in [3.05, 3.63) is 29.3 Å². The van der Waals surface area contributed by atoms with Gasteiger partial charge >= 0.3 is 0 Å². The highest BCUT2D eigenvalue weighted by Gasteiger charge is 2.13. The lowest BCUT2D eigenvalue weighted by atomic mass is 10.1. The van der Waals surface area contributed by atoms with Crippen molar-refractivity contribution < 1.29 is 9.53 Å². The molecule has 0 atom stereocenters. The van der Waals surface area contributed by atoms with Crippen LogP contribution in [0.4, 0.5) is 0 Å². The lowest BCUT2D eigenvalue weighted by molar-refractivity contribution is 0.1000. The van der Waals surface area contributed by atoms with Gasteiger partial charge in [-0.25, -0.2) is 0 Å². The lowest BCUT2D eigenvalue weighted by Gasteiger charge is -1.99. The molecule has 0 spiro atoms. The molecule has 1 heterocycles. The quantitative estimate of drug-likeness (QED) is 0.804. The summed E-state index contributed by atoms with van der Waals surface area (Å²) in [5.74, 6) is 0.490. The van der Waals surface area contributed by atoms with E-state index in [-0.39, 0.29) is 30.7 Å². The fourth-order valence-electron chi connectivity index (χ4n) is 1.34. The third-order valence-electron chi connectivity index (χ3n) is 1.97.